The molecule has 0 aromatic heterocycles. The van der Waals surface area contributed by atoms with Gasteiger partial charge in [0, 0.05) is 5.92 Å². The van der Waals surface area contributed by atoms with Crippen molar-refractivity contribution in [2.45, 2.75) is 96.4 Å². The SMILES string of the molecule is CC(C)(C)OC(=O)N[C@H](CCCC[C@@H](NC(=O)OCC1c2ccccc2-c2ccccc21)C(=O)OC(C)(C)C)C(=O)O. The summed E-state index contributed by atoms with van der Waals surface area (Å²) >= 11 is 0. The molecule has 0 heterocycles. The Morgan fingerprint density at radius 3 is 1.71 bits per heavy atom. The lowest BCUT2D eigenvalue weighted by atomic mass is 9.98. The Kier molecular flexibility index (Phi) is 10.6. The first-order valence-electron chi connectivity index (χ1n) is 14.2. The van der Waals surface area contributed by atoms with Gasteiger partial charge in [-0.15, -0.1) is 0 Å². The maximum atomic E-state index is 12.9. The molecule has 228 valence electrons. The summed E-state index contributed by atoms with van der Waals surface area (Å²) in [5.74, 6) is -1.94. The van der Waals surface area contributed by atoms with Crippen LogP contribution >= 0.6 is 0 Å². The highest BCUT2D eigenvalue weighted by atomic mass is 16.6. The van der Waals surface area contributed by atoms with Crippen LogP contribution in [0.1, 0.15) is 84.3 Å². The standard InChI is InChI=1S/C32H42N2O8/c1-31(2,3)41-28(37)26(18-12-11-17-25(27(35)36)33-30(39)42-32(4,5)6)34-29(38)40-19-24-22-15-9-7-13-20(22)21-14-8-10-16-23(21)24/h7-10,13-16,24-26H,11-12,17-19H2,1-6H3,(H,33,39)(H,34,38)(H,35,36)/t25-,26-/m1/s1. The summed E-state index contributed by atoms with van der Waals surface area (Å²) in [7, 11) is 0. The summed E-state index contributed by atoms with van der Waals surface area (Å²) in [6.07, 6.45) is -0.522. The number of alkyl carbamates (subject to hydrolysis) is 2. The normalized spacial score (nSPS) is 14.1. The van der Waals surface area contributed by atoms with Crippen molar-refractivity contribution in [2.75, 3.05) is 6.61 Å². The summed E-state index contributed by atoms with van der Waals surface area (Å²) < 4.78 is 16.3. The largest absolute Gasteiger partial charge is 0.480 e. The maximum Gasteiger partial charge on any atom is 0.408 e. The highest BCUT2D eigenvalue weighted by Gasteiger charge is 2.31. The molecule has 10 nitrogen and oxygen atoms in total. The minimum Gasteiger partial charge on any atom is -0.480 e. The number of rotatable bonds is 11. The molecule has 10 heteroatoms. The van der Waals surface area contributed by atoms with Gasteiger partial charge in [-0.05, 0) is 76.6 Å². The van der Waals surface area contributed by atoms with Crippen LogP contribution in [0.15, 0.2) is 48.5 Å². The molecule has 1 aliphatic carbocycles. The molecule has 2 amide bonds. The Morgan fingerprint density at radius 2 is 1.21 bits per heavy atom. The second kappa shape index (κ2) is 13.7. The molecule has 0 fully saturated rings. The number of esters is 1. The van der Waals surface area contributed by atoms with E-state index in [4.69, 9.17) is 14.2 Å². The minimum atomic E-state index is -1.19. The Balaban J connectivity index is 1.59. The van der Waals surface area contributed by atoms with E-state index in [0.717, 1.165) is 22.3 Å². The molecule has 1 aliphatic rings. The van der Waals surface area contributed by atoms with Crippen LogP contribution in [0.5, 0.6) is 0 Å². The monoisotopic (exact) mass is 582 g/mol. The van der Waals surface area contributed by atoms with Gasteiger partial charge >= 0.3 is 24.1 Å². The van der Waals surface area contributed by atoms with Crippen molar-refractivity contribution in [3.8, 4) is 11.1 Å². The topological polar surface area (TPSA) is 140 Å². The van der Waals surface area contributed by atoms with E-state index in [-0.39, 0.29) is 25.4 Å². The molecule has 0 radical (unpaired) electrons. The van der Waals surface area contributed by atoms with E-state index >= 15 is 0 Å². The molecule has 0 saturated heterocycles. The van der Waals surface area contributed by atoms with Crippen LogP contribution < -0.4 is 10.6 Å². The average molecular weight is 583 g/mol. The van der Waals surface area contributed by atoms with E-state index in [2.05, 4.69) is 10.6 Å². The average Bonchev–Trinajstić information content (AvgIpc) is 3.20. The van der Waals surface area contributed by atoms with Gasteiger partial charge in [0.05, 0.1) is 0 Å². The number of carbonyl (C=O) groups is 4. The Hall–Kier alpha value is -4.08. The summed E-state index contributed by atoms with van der Waals surface area (Å²) in [5, 5.41) is 14.5. The number of hydrogen-bond acceptors (Lipinski definition) is 7. The van der Waals surface area contributed by atoms with Crippen LogP contribution in [0.2, 0.25) is 0 Å². The molecule has 0 spiro atoms. The summed E-state index contributed by atoms with van der Waals surface area (Å²) in [6.45, 7) is 10.3. The second-order valence-corrected chi connectivity index (χ2v) is 12.4. The van der Waals surface area contributed by atoms with Gasteiger partial charge < -0.3 is 30.0 Å². The maximum absolute atomic E-state index is 12.9. The molecule has 2 atom stereocenters. The number of nitrogens with one attached hydrogen (secondary N) is 2. The molecule has 0 aliphatic heterocycles. The number of carboxylic acids is 1. The summed E-state index contributed by atoms with van der Waals surface area (Å²) in [4.78, 5) is 49.5. The molecule has 3 rings (SSSR count). The van der Waals surface area contributed by atoms with Gasteiger partial charge in [-0.25, -0.2) is 19.2 Å². The van der Waals surface area contributed by atoms with E-state index in [1.54, 1.807) is 41.5 Å². The van der Waals surface area contributed by atoms with Crippen LogP contribution in [0.3, 0.4) is 0 Å². The molecule has 2 aromatic rings. The van der Waals surface area contributed by atoms with Gasteiger partial charge in [0.1, 0.15) is 29.9 Å². The fraction of sp³-hybridized carbons (Fsp3) is 0.500. The quantitative estimate of drug-likeness (QED) is 0.172. The van der Waals surface area contributed by atoms with Crippen LogP contribution in [-0.4, -0.2) is 59.1 Å². The minimum absolute atomic E-state index is 0.0948. The fourth-order valence-electron chi connectivity index (χ4n) is 4.81. The number of carboxylic acid groups (broad SMARTS) is 1. The van der Waals surface area contributed by atoms with Gasteiger partial charge in [-0.3, -0.25) is 0 Å². The number of aliphatic carboxylic acids is 1. The van der Waals surface area contributed by atoms with Crippen molar-refractivity contribution in [1.29, 1.82) is 0 Å². The molecule has 0 saturated carbocycles. The van der Waals surface area contributed by atoms with Crippen molar-refractivity contribution in [3.63, 3.8) is 0 Å². The zero-order valence-electron chi connectivity index (χ0n) is 25.2. The van der Waals surface area contributed by atoms with E-state index < -0.39 is 47.4 Å². The number of carbonyl (C=O) groups excluding carboxylic acids is 3. The van der Waals surface area contributed by atoms with Crippen molar-refractivity contribution in [3.05, 3.63) is 59.7 Å². The number of ether oxygens (including phenoxy) is 3. The van der Waals surface area contributed by atoms with Crippen molar-refractivity contribution in [1.82, 2.24) is 10.6 Å². The summed E-state index contributed by atoms with van der Waals surface area (Å²) in [6, 6.07) is 13.8. The van der Waals surface area contributed by atoms with Crippen molar-refractivity contribution in [2.24, 2.45) is 0 Å². The highest BCUT2D eigenvalue weighted by Crippen LogP contribution is 2.44. The lowest BCUT2D eigenvalue weighted by molar-refractivity contribution is -0.157. The smallest absolute Gasteiger partial charge is 0.408 e. The Labute approximate surface area is 247 Å². The van der Waals surface area contributed by atoms with Gasteiger partial charge in [-0.2, -0.15) is 0 Å². The van der Waals surface area contributed by atoms with Crippen LogP contribution in [0.4, 0.5) is 9.59 Å². The van der Waals surface area contributed by atoms with E-state index in [1.807, 2.05) is 48.5 Å². The number of benzene rings is 2. The van der Waals surface area contributed by atoms with Gasteiger partial charge in [0.2, 0.25) is 0 Å². The lowest BCUT2D eigenvalue weighted by Crippen LogP contribution is -2.45. The molecule has 0 bridgehead atoms. The Morgan fingerprint density at radius 1 is 0.738 bits per heavy atom. The van der Waals surface area contributed by atoms with E-state index in [1.165, 1.54) is 0 Å². The Bertz CT molecular complexity index is 1230. The molecule has 2 aromatic carbocycles. The van der Waals surface area contributed by atoms with Crippen molar-refractivity contribution < 1.29 is 38.5 Å². The van der Waals surface area contributed by atoms with Gasteiger partial charge in [0.15, 0.2) is 0 Å². The molecule has 3 N–H and O–H groups in total. The van der Waals surface area contributed by atoms with Gasteiger partial charge in [0.25, 0.3) is 0 Å². The number of fused-ring (bicyclic) bond motifs is 3. The van der Waals surface area contributed by atoms with E-state index in [9.17, 15) is 24.3 Å². The molecule has 0 unspecified atom stereocenters. The third-order valence-corrected chi connectivity index (χ3v) is 6.55. The number of amides is 2. The predicted octanol–water partition coefficient (Wildman–Crippen LogP) is 5.77. The first-order valence-corrected chi connectivity index (χ1v) is 14.2. The first kappa shape index (κ1) is 32.4. The lowest BCUT2D eigenvalue weighted by Gasteiger charge is -2.25. The van der Waals surface area contributed by atoms with E-state index in [0.29, 0.717) is 12.8 Å². The number of unbranched alkanes of at least 4 members (excludes halogenated alkanes) is 1. The molecular formula is C32H42N2O8. The third kappa shape index (κ3) is 9.49. The summed E-state index contributed by atoms with van der Waals surface area (Å²) in [5.41, 5.74) is 2.82. The van der Waals surface area contributed by atoms with Crippen LogP contribution in [0.25, 0.3) is 11.1 Å². The zero-order chi connectivity index (χ0) is 31.1. The first-order chi connectivity index (χ1) is 19.6. The number of hydrogen-bond donors (Lipinski definition) is 3. The third-order valence-electron chi connectivity index (χ3n) is 6.55. The van der Waals surface area contributed by atoms with Gasteiger partial charge in [-0.1, -0.05) is 61.4 Å². The molecular weight excluding hydrogens is 540 g/mol. The second-order valence-electron chi connectivity index (χ2n) is 12.4. The fourth-order valence-corrected chi connectivity index (χ4v) is 4.81. The van der Waals surface area contributed by atoms with Crippen LogP contribution in [0, 0.1) is 0 Å². The highest BCUT2D eigenvalue weighted by molar-refractivity contribution is 5.82. The molecule has 42 heavy (non-hydrogen) atoms. The zero-order valence-corrected chi connectivity index (χ0v) is 25.2. The van der Waals surface area contributed by atoms with Crippen molar-refractivity contribution >= 4 is 24.1 Å². The van der Waals surface area contributed by atoms with Crippen LogP contribution in [-0.2, 0) is 23.8 Å². The predicted molar refractivity (Wildman–Crippen MR) is 157 cm³/mol.